The van der Waals surface area contributed by atoms with Crippen molar-refractivity contribution in [3.63, 3.8) is 0 Å². The number of amides is 2. The predicted molar refractivity (Wildman–Crippen MR) is 99.8 cm³/mol. The van der Waals surface area contributed by atoms with Crippen molar-refractivity contribution in [2.45, 2.75) is 19.8 Å². The average molecular weight is 346 g/mol. The summed E-state index contributed by atoms with van der Waals surface area (Å²) in [5.74, 6) is 0.243. The van der Waals surface area contributed by atoms with Crippen LogP contribution in [-0.2, 0) is 4.79 Å². The highest BCUT2D eigenvalue weighted by molar-refractivity contribution is 6.03. The largest absolute Gasteiger partial charge is 0.366 e. The fourth-order valence-corrected chi connectivity index (χ4v) is 3.40. The number of aryl methyl sites for hydroxylation is 1. The number of nitrogens with two attached hydrogens (primary N) is 1. The number of aromatic nitrogens is 2. The number of rotatable bonds is 3. The topological polar surface area (TPSA) is 89.2 Å². The molecule has 1 fully saturated rings. The van der Waals surface area contributed by atoms with E-state index in [0.717, 1.165) is 33.9 Å². The molecule has 1 saturated heterocycles. The van der Waals surface area contributed by atoms with Crippen molar-refractivity contribution in [2.24, 2.45) is 5.73 Å². The van der Waals surface area contributed by atoms with Gasteiger partial charge >= 0.3 is 0 Å². The number of anilines is 1. The number of benzene rings is 2. The summed E-state index contributed by atoms with van der Waals surface area (Å²) in [5.41, 5.74) is 8.84. The van der Waals surface area contributed by atoms with Crippen LogP contribution >= 0.6 is 0 Å². The van der Waals surface area contributed by atoms with Gasteiger partial charge < -0.3 is 5.73 Å². The van der Waals surface area contributed by atoms with Gasteiger partial charge in [0.25, 0.3) is 0 Å². The highest BCUT2D eigenvalue weighted by Gasteiger charge is 2.24. The summed E-state index contributed by atoms with van der Waals surface area (Å²) in [6.45, 7) is 2.66. The second kappa shape index (κ2) is 6.22. The van der Waals surface area contributed by atoms with E-state index in [2.05, 4.69) is 10.2 Å². The van der Waals surface area contributed by atoms with Gasteiger partial charge in [-0.15, -0.1) is 5.10 Å². The molecule has 6 heteroatoms. The Bertz CT molecular complexity index is 1050. The monoisotopic (exact) mass is 346 g/mol. The highest BCUT2D eigenvalue weighted by atomic mass is 16.2. The molecule has 4 rings (SSSR count). The second-order valence-corrected chi connectivity index (χ2v) is 6.51. The Kier molecular flexibility index (Phi) is 3.88. The summed E-state index contributed by atoms with van der Waals surface area (Å²) < 4.78 is 0. The van der Waals surface area contributed by atoms with Crippen LogP contribution in [0.25, 0.3) is 21.9 Å². The molecule has 0 aliphatic carbocycles. The van der Waals surface area contributed by atoms with Crippen LogP contribution in [0.3, 0.4) is 0 Å². The van der Waals surface area contributed by atoms with Crippen LogP contribution in [-0.4, -0.2) is 28.6 Å². The number of nitrogens with zero attached hydrogens (tertiary/aromatic N) is 3. The van der Waals surface area contributed by atoms with Gasteiger partial charge in [0.2, 0.25) is 11.8 Å². The van der Waals surface area contributed by atoms with Gasteiger partial charge in [0, 0.05) is 29.3 Å². The van der Waals surface area contributed by atoms with Gasteiger partial charge in [0.05, 0.1) is 6.20 Å². The summed E-state index contributed by atoms with van der Waals surface area (Å²) in [7, 11) is 0. The third-order valence-corrected chi connectivity index (χ3v) is 4.80. The molecule has 2 N–H and O–H groups in total. The molecule has 2 heterocycles. The Morgan fingerprint density at radius 1 is 1.19 bits per heavy atom. The Labute approximate surface area is 150 Å². The Balaban J connectivity index is 1.84. The highest BCUT2D eigenvalue weighted by Crippen LogP contribution is 2.32. The van der Waals surface area contributed by atoms with Crippen LogP contribution in [0.1, 0.15) is 28.8 Å². The summed E-state index contributed by atoms with van der Waals surface area (Å²) in [6.07, 6.45) is 3.08. The zero-order chi connectivity index (χ0) is 18.3. The molecule has 1 aliphatic heterocycles. The number of carbonyl (C=O) groups excluding carboxylic acids is 2. The Morgan fingerprint density at radius 2 is 2.04 bits per heavy atom. The molecule has 0 atom stereocenters. The molecule has 1 aliphatic rings. The van der Waals surface area contributed by atoms with E-state index in [0.29, 0.717) is 24.3 Å². The normalized spacial score (nSPS) is 14.2. The van der Waals surface area contributed by atoms with E-state index in [4.69, 9.17) is 5.73 Å². The van der Waals surface area contributed by atoms with Crippen molar-refractivity contribution in [2.75, 3.05) is 11.4 Å². The summed E-state index contributed by atoms with van der Waals surface area (Å²) in [6, 6.07) is 11.3. The SMILES string of the molecule is Cc1ccc(C(N)=O)cc1-c1ccc2c(N3CCCC3=O)nncc2c1. The number of primary amides is 1. The minimum Gasteiger partial charge on any atom is -0.366 e. The third kappa shape index (κ3) is 2.69. The van der Waals surface area contributed by atoms with E-state index in [1.807, 2.05) is 31.2 Å². The molecule has 3 aromatic rings. The van der Waals surface area contributed by atoms with E-state index in [1.54, 1.807) is 23.2 Å². The molecule has 0 saturated carbocycles. The molecule has 0 unspecified atom stereocenters. The van der Waals surface area contributed by atoms with Crippen LogP contribution in [0.5, 0.6) is 0 Å². The summed E-state index contributed by atoms with van der Waals surface area (Å²) in [4.78, 5) is 25.3. The number of fused-ring (bicyclic) bond motifs is 1. The zero-order valence-corrected chi connectivity index (χ0v) is 14.4. The molecule has 0 radical (unpaired) electrons. The van der Waals surface area contributed by atoms with Gasteiger partial charge in [0.15, 0.2) is 5.82 Å². The lowest BCUT2D eigenvalue weighted by Crippen LogP contribution is -2.25. The maximum atomic E-state index is 12.1. The smallest absolute Gasteiger partial charge is 0.248 e. The van der Waals surface area contributed by atoms with E-state index < -0.39 is 5.91 Å². The van der Waals surface area contributed by atoms with Gasteiger partial charge in [-0.3, -0.25) is 14.5 Å². The zero-order valence-electron chi connectivity index (χ0n) is 14.4. The minimum absolute atomic E-state index is 0.0841. The van der Waals surface area contributed by atoms with Crippen LogP contribution < -0.4 is 10.6 Å². The predicted octanol–water partition coefficient (Wildman–Crippen LogP) is 2.83. The molecule has 0 spiro atoms. The maximum Gasteiger partial charge on any atom is 0.248 e. The Morgan fingerprint density at radius 3 is 2.77 bits per heavy atom. The lowest BCUT2D eigenvalue weighted by Gasteiger charge is -2.16. The van der Waals surface area contributed by atoms with Crippen molar-refractivity contribution < 1.29 is 9.59 Å². The van der Waals surface area contributed by atoms with E-state index in [-0.39, 0.29) is 5.91 Å². The van der Waals surface area contributed by atoms with Gasteiger partial charge in [-0.25, -0.2) is 0 Å². The van der Waals surface area contributed by atoms with Gasteiger partial charge in [0.1, 0.15) is 0 Å². The quantitative estimate of drug-likeness (QED) is 0.790. The summed E-state index contributed by atoms with van der Waals surface area (Å²) >= 11 is 0. The number of hydrogen-bond donors (Lipinski definition) is 1. The van der Waals surface area contributed by atoms with Crippen LogP contribution in [0.15, 0.2) is 42.6 Å². The fraction of sp³-hybridized carbons (Fsp3) is 0.200. The first-order valence-corrected chi connectivity index (χ1v) is 8.51. The first-order valence-electron chi connectivity index (χ1n) is 8.51. The minimum atomic E-state index is -0.451. The second-order valence-electron chi connectivity index (χ2n) is 6.51. The van der Waals surface area contributed by atoms with Crippen molar-refractivity contribution in [1.82, 2.24) is 10.2 Å². The molecule has 2 aromatic carbocycles. The van der Waals surface area contributed by atoms with E-state index in [9.17, 15) is 9.59 Å². The molecule has 1 aromatic heterocycles. The van der Waals surface area contributed by atoms with Crippen LogP contribution in [0.2, 0.25) is 0 Å². The van der Waals surface area contributed by atoms with Crippen molar-refractivity contribution in [3.8, 4) is 11.1 Å². The lowest BCUT2D eigenvalue weighted by atomic mass is 9.96. The maximum absolute atomic E-state index is 12.1. The lowest BCUT2D eigenvalue weighted by molar-refractivity contribution is -0.117. The first-order chi connectivity index (χ1) is 12.5. The molecule has 130 valence electrons. The van der Waals surface area contributed by atoms with Gasteiger partial charge in [-0.05, 0) is 54.3 Å². The summed E-state index contributed by atoms with van der Waals surface area (Å²) in [5, 5.41) is 10.1. The van der Waals surface area contributed by atoms with Crippen LogP contribution in [0, 0.1) is 6.92 Å². The average Bonchev–Trinajstić information content (AvgIpc) is 3.06. The molecule has 6 nitrogen and oxygen atoms in total. The fourth-order valence-electron chi connectivity index (χ4n) is 3.40. The van der Waals surface area contributed by atoms with Crippen molar-refractivity contribution >= 4 is 28.4 Å². The van der Waals surface area contributed by atoms with E-state index >= 15 is 0 Å². The standard InChI is InChI=1S/C20H18N4O2/c1-12-4-5-14(19(21)26)10-17(12)13-6-7-16-15(9-13)11-22-23-20(16)24-8-2-3-18(24)25/h4-7,9-11H,2-3,8H2,1H3,(H2,21,26). The molecule has 2 amide bonds. The van der Waals surface area contributed by atoms with Crippen molar-refractivity contribution in [1.29, 1.82) is 0 Å². The molecule has 0 bridgehead atoms. The van der Waals surface area contributed by atoms with E-state index in [1.165, 1.54) is 0 Å². The molecular weight excluding hydrogens is 328 g/mol. The van der Waals surface area contributed by atoms with Gasteiger partial charge in [-0.1, -0.05) is 12.1 Å². The van der Waals surface area contributed by atoms with Crippen molar-refractivity contribution in [3.05, 3.63) is 53.7 Å². The third-order valence-electron chi connectivity index (χ3n) is 4.80. The van der Waals surface area contributed by atoms with Crippen LogP contribution in [0.4, 0.5) is 5.82 Å². The Hall–Kier alpha value is -3.28. The first kappa shape index (κ1) is 16.2. The molecular formula is C20H18N4O2. The number of carbonyl (C=O) groups is 2. The van der Waals surface area contributed by atoms with Gasteiger partial charge in [-0.2, -0.15) is 5.10 Å². The number of hydrogen-bond acceptors (Lipinski definition) is 4. The molecule has 26 heavy (non-hydrogen) atoms.